The van der Waals surface area contributed by atoms with Gasteiger partial charge < -0.3 is 14.6 Å². The van der Waals surface area contributed by atoms with Gasteiger partial charge in [-0.15, -0.1) is 11.8 Å². The van der Waals surface area contributed by atoms with Gasteiger partial charge in [-0.25, -0.2) is 4.79 Å². The van der Waals surface area contributed by atoms with Gasteiger partial charge in [0.1, 0.15) is 5.60 Å². The predicted octanol–water partition coefficient (Wildman–Crippen LogP) is 6.80. The second-order valence-corrected chi connectivity index (χ2v) is 9.53. The van der Waals surface area contributed by atoms with Crippen molar-refractivity contribution in [1.82, 2.24) is 0 Å². The maximum absolute atomic E-state index is 10.8. The molecular formula is C31H30O4S. The monoisotopic (exact) mass is 498 g/mol. The van der Waals surface area contributed by atoms with Gasteiger partial charge in [0.2, 0.25) is 0 Å². The highest BCUT2D eigenvalue weighted by atomic mass is 32.2. The standard InChI is InChI=1S/C31H30O4S/c1-34-30(23-36-28-20-17-24(18-21-28)19-22-29(32)33)35-31(25-11-5-2-6-12-25,26-13-7-3-8-14-26)27-15-9-4-10-16-27/h2-17,19-22,24,30H,18,23H2,1H3,(H,32,33). The number of carboxylic acid groups (broad SMARTS) is 1. The first-order valence-corrected chi connectivity index (χ1v) is 12.9. The van der Waals surface area contributed by atoms with Crippen molar-refractivity contribution in [1.29, 1.82) is 0 Å². The van der Waals surface area contributed by atoms with E-state index in [1.54, 1.807) is 24.9 Å². The summed E-state index contributed by atoms with van der Waals surface area (Å²) in [5, 5.41) is 8.85. The van der Waals surface area contributed by atoms with E-state index < -0.39 is 17.9 Å². The van der Waals surface area contributed by atoms with E-state index in [1.165, 1.54) is 6.08 Å². The molecule has 0 amide bonds. The molecule has 0 aliphatic heterocycles. The second kappa shape index (κ2) is 12.5. The molecule has 0 spiro atoms. The molecule has 184 valence electrons. The van der Waals surface area contributed by atoms with Crippen LogP contribution in [0.15, 0.2) is 126 Å². The normalized spacial score (nSPS) is 16.6. The van der Waals surface area contributed by atoms with Crippen LogP contribution >= 0.6 is 11.8 Å². The Kier molecular flexibility index (Phi) is 8.95. The fraction of sp³-hybridized carbons (Fsp3) is 0.194. The molecule has 1 aliphatic rings. The smallest absolute Gasteiger partial charge is 0.327 e. The van der Waals surface area contributed by atoms with Gasteiger partial charge in [-0.1, -0.05) is 115 Å². The summed E-state index contributed by atoms with van der Waals surface area (Å²) >= 11 is 1.67. The number of hydrogen-bond acceptors (Lipinski definition) is 4. The quantitative estimate of drug-likeness (QED) is 0.179. The van der Waals surface area contributed by atoms with Gasteiger partial charge in [-0.2, -0.15) is 0 Å². The molecule has 4 nitrogen and oxygen atoms in total. The topological polar surface area (TPSA) is 55.8 Å². The van der Waals surface area contributed by atoms with E-state index >= 15 is 0 Å². The predicted molar refractivity (Wildman–Crippen MR) is 146 cm³/mol. The zero-order chi connectivity index (χ0) is 25.2. The third kappa shape index (κ3) is 6.24. The largest absolute Gasteiger partial charge is 0.478 e. The molecule has 0 saturated carbocycles. The van der Waals surface area contributed by atoms with Gasteiger partial charge in [0.25, 0.3) is 0 Å². The van der Waals surface area contributed by atoms with Crippen LogP contribution in [0.5, 0.6) is 0 Å². The second-order valence-electron chi connectivity index (χ2n) is 8.44. The van der Waals surface area contributed by atoms with E-state index in [-0.39, 0.29) is 5.92 Å². The van der Waals surface area contributed by atoms with Crippen molar-refractivity contribution in [2.24, 2.45) is 5.92 Å². The van der Waals surface area contributed by atoms with Crippen LogP contribution in [0.3, 0.4) is 0 Å². The zero-order valence-electron chi connectivity index (χ0n) is 20.2. The molecular weight excluding hydrogens is 468 g/mol. The van der Waals surface area contributed by atoms with E-state index in [2.05, 4.69) is 42.5 Å². The van der Waals surface area contributed by atoms with Crippen molar-refractivity contribution in [3.05, 3.63) is 143 Å². The fourth-order valence-electron chi connectivity index (χ4n) is 4.31. The van der Waals surface area contributed by atoms with E-state index in [4.69, 9.17) is 14.6 Å². The van der Waals surface area contributed by atoms with Gasteiger partial charge in [-0.3, -0.25) is 0 Å². The van der Waals surface area contributed by atoms with Crippen LogP contribution in [0.1, 0.15) is 23.1 Å². The average molecular weight is 499 g/mol. The number of aliphatic carboxylic acids is 1. The van der Waals surface area contributed by atoms with Crippen molar-refractivity contribution in [3.63, 3.8) is 0 Å². The highest BCUT2D eigenvalue weighted by molar-refractivity contribution is 8.03. The van der Waals surface area contributed by atoms with Crippen molar-refractivity contribution in [2.45, 2.75) is 18.3 Å². The Labute approximate surface area is 217 Å². The van der Waals surface area contributed by atoms with Crippen LogP contribution in [0.2, 0.25) is 0 Å². The van der Waals surface area contributed by atoms with Crippen molar-refractivity contribution >= 4 is 17.7 Å². The number of carbonyl (C=O) groups is 1. The molecule has 0 radical (unpaired) electrons. The minimum Gasteiger partial charge on any atom is -0.478 e. The summed E-state index contributed by atoms with van der Waals surface area (Å²) in [5.74, 6) is -0.232. The Bertz CT molecular complexity index is 1110. The summed E-state index contributed by atoms with van der Waals surface area (Å²) in [7, 11) is 1.68. The summed E-state index contributed by atoms with van der Waals surface area (Å²) < 4.78 is 12.8. The molecule has 0 bridgehead atoms. The summed E-state index contributed by atoms with van der Waals surface area (Å²) in [5.41, 5.74) is 2.23. The molecule has 1 N–H and O–H groups in total. The maximum Gasteiger partial charge on any atom is 0.327 e. The number of thioether (sulfide) groups is 1. The third-order valence-corrected chi connectivity index (χ3v) is 7.16. The van der Waals surface area contributed by atoms with Crippen LogP contribution in [-0.2, 0) is 19.9 Å². The molecule has 0 fully saturated rings. The van der Waals surface area contributed by atoms with Crippen LogP contribution in [0.4, 0.5) is 0 Å². The SMILES string of the molecule is COC(CSC1=CCC(C=CC(=O)O)C=C1)OC(c1ccccc1)(c1ccccc1)c1ccccc1. The lowest BCUT2D eigenvalue weighted by atomic mass is 9.80. The van der Waals surface area contributed by atoms with Crippen LogP contribution < -0.4 is 0 Å². The lowest BCUT2D eigenvalue weighted by Crippen LogP contribution is -2.38. The minimum atomic E-state index is -0.925. The Morgan fingerprint density at radius 1 is 0.972 bits per heavy atom. The summed E-state index contributed by atoms with van der Waals surface area (Å²) in [6, 6.07) is 30.8. The van der Waals surface area contributed by atoms with Gasteiger partial charge in [-0.05, 0) is 29.0 Å². The number of allylic oxidation sites excluding steroid dienone is 4. The van der Waals surface area contributed by atoms with E-state index in [1.807, 2.05) is 66.7 Å². The molecule has 0 aromatic heterocycles. The highest BCUT2D eigenvalue weighted by Gasteiger charge is 2.40. The van der Waals surface area contributed by atoms with Crippen molar-refractivity contribution in [3.8, 4) is 0 Å². The number of benzene rings is 3. The first-order valence-electron chi connectivity index (χ1n) is 11.9. The Balaban J connectivity index is 1.60. The third-order valence-electron chi connectivity index (χ3n) is 6.08. The first-order chi connectivity index (χ1) is 17.6. The molecule has 0 heterocycles. The Morgan fingerprint density at radius 3 is 1.92 bits per heavy atom. The molecule has 2 unspecified atom stereocenters. The molecule has 3 aromatic rings. The summed E-state index contributed by atoms with van der Waals surface area (Å²) in [6.45, 7) is 0. The van der Waals surface area contributed by atoms with Gasteiger partial charge in [0.05, 0.1) is 0 Å². The Hall–Kier alpha value is -3.38. The van der Waals surface area contributed by atoms with Gasteiger partial charge in [0.15, 0.2) is 6.29 Å². The number of rotatable bonds is 11. The average Bonchev–Trinajstić information content (AvgIpc) is 2.94. The molecule has 36 heavy (non-hydrogen) atoms. The van der Waals surface area contributed by atoms with Crippen molar-refractivity contribution in [2.75, 3.05) is 12.9 Å². The number of methoxy groups -OCH3 is 1. The highest BCUT2D eigenvalue weighted by Crippen LogP contribution is 2.42. The molecule has 1 aliphatic carbocycles. The summed E-state index contributed by atoms with van der Waals surface area (Å²) in [4.78, 5) is 11.9. The van der Waals surface area contributed by atoms with Crippen LogP contribution in [0, 0.1) is 5.92 Å². The van der Waals surface area contributed by atoms with Crippen LogP contribution in [-0.4, -0.2) is 30.2 Å². The first kappa shape index (κ1) is 25.7. The lowest BCUT2D eigenvalue weighted by molar-refractivity contribution is -0.162. The molecule has 4 rings (SSSR count). The summed E-state index contributed by atoms with van der Waals surface area (Å²) in [6.07, 6.45) is 9.40. The number of hydrogen-bond donors (Lipinski definition) is 1. The minimum absolute atomic E-state index is 0.0989. The van der Waals surface area contributed by atoms with Crippen LogP contribution in [0.25, 0.3) is 0 Å². The zero-order valence-corrected chi connectivity index (χ0v) is 21.0. The number of ether oxygens (including phenoxy) is 2. The lowest BCUT2D eigenvalue weighted by Gasteiger charge is -2.38. The molecule has 2 atom stereocenters. The van der Waals surface area contributed by atoms with E-state index in [0.717, 1.165) is 28.0 Å². The van der Waals surface area contributed by atoms with Crippen molar-refractivity contribution < 1.29 is 19.4 Å². The van der Waals surface area contributed by atoms with E-state index in [9.17, 15) is 4.79 Å². The maximum atomic E-state index is 10.8. The van der Waals surface area contributed by atoms with Gasteiger partial charge in [0, 0.05) is 23.8 Å². The number of carboxylic acids is 1. The Morgan fingerprint density at radius 2 is 1.50 bits per heavy atom. The molecule has 5 heteroatoms. The van der Waals surface area contributed by atoms with Gasteiger partial charge >= 0.3 is 5.97 Å². The molecule has 3 aromatic carbocycles. The molecule has 0 saturated heterocycles. The fourth-order valence-corrected chi connectivity index (χ4v) is 5.23. The van der Waals surface area contributed by atoms with E-state index in [0.29, 0.717) is 5.75 Å².